The molecule has 3 aliphatic carbocycles. The molecule has 2 aromatic rings. The summed E-state index contributed by atoms with van der Waals surface area (Å²) >= 11 is 0. The standard InChI is InChI=1S/C25H30O4/c1-25-12-11-19-18-10-8-17(29-14-15-5-3-2-4-6-15)13-16(18)7-9-20(19)21(25)22(26)23(27)24(25)28/h2-6,8,10,13,19-24,26-28H,7,9,11-12,14H2,1H3/t19?,20?,21?,22?,23?,24?,25-/m0/s1. The van der Waals surface area contributed by atoms with Gasteiger partial charge in [-0.15, -0.1) is 0 Å². The summed E-state index contributed by atoms with van der Waals surface area (Å²) < 4.78 is 6.02. The first kappa shape index (κ1) is 19.1. The Bertz CT molecular complexity index is 882. The van der Waals surface area contributed by atoms with E-state index in [1.807, 2.05) is 25.1 Å². The first-order valence-corrected chi connectivity index (χ1v) is 10.8. The van der Waals surface area contributed by atoms with Crippen LogP contribution in [-0.2, 0) is 13.0 Å². The number of ether oxygens (including phenoxy) is 1. The van der Waals surface area contributed by atoms with E-state index >= 15 is 0 Å². The molecule has 3 aliphatic rings. The van der Waals surface area contributed by atoms with Crippen molar-refractivity contribution in [3.63, 3.8) is 0 Å². The van der Waals surface area contributed by atoms with Crippen LogP contribution < -0.4 is 4.74 Å². The van der Waals surface area contributed by atoms with Gasteiger partial charge in [0, 0.05) is 5.41 Å². The highest BCUT2D eigenvalue weighted by Gasteiger charge is 2.62. The Labute approximate surface area is 172 Å². The number of aliphatic hydroxyl groups is 3. The summed E-state index contributed by atoms with van der Waals surface area (Å²) in [6.07, 6.45) is 1.06. The molecule has 7 atom stereocenters. The summed E-state index contributed by atoms with van der Waals surface area (Å²) in [7, 11) is 0. The average Bonchev–Trinajstić information content (AvgIpc) is 2.93. The number of fused-ring (bicyclic) bond motifs is 5. The predicted octanol–water partition coefficient (Wildman–Crippen LogP) is 3.42. The van der Waals surface area contributed by atoms with Gasteiger partial charge in [0.05, 0.1) is 12.2 Å². The van der Waals surface area contributed by atoms with E-state index in [0.29, 0.717) is 18.4 Å². The Morgan fingerprint density at radius 1 is 1.00 bits per heavy atom. The molecule has 4 nitrogen and oxygen atoms in total. The molecule has 29 heavy (non-hydrogen) atoms. The molecular formula is C25H30O4. The Hall–Kier alpha value is -1.88. The van der Waals surface area contributed by atoms with Crippen molar-refractivity contribution in [1.82, 2.24) is 0 Å². The Morgan fingerprint density at radius 2 is 1.79 bits per heavy atom. The lowest BCUT2D eigenvalue weighted by atomic mass is 9.55. The van der Waals surface area contributed by atoms with Gasteiger partial charge in [0.2, 0.25) is 0 Å². The van der Waals surface area contributed by atoms with Crippen molar-refractivity contribution in [2.45, 2.75) is 63.4 Å². The molecule has 0 saturated heterocycles. The molecule has 2 fully saturated rings. The molecule has 0 aromatic heterocycles. The Morgan fingerprint density at radius 3 is 2.59 bits per heavy atom. The Balaban J connectivity index is 1.37. The quantitative estimate of drug-likeness (QED) is 0.746. The summed E-state index contributed by atoms with van der Waals surface area (Å²) in [5, 5.41) is 31.6. The second-order valence-corrected chi connectivity index (χ2v) is 9.44. The summed E-state index contributed by atoms with van der Waals surface area (Å²) in [5.41, 5.74) is 3.47. The molecule has 4 heteroatoms. The molecule has 0 aliphatic heterocycles. The van der Waals surface area contributed by atoms with Gasteiger partial charge in [-0.2, -0.15) is 0 Å². The predicted molar refractivity (Wildman–Crippen MR) is 111 cm³/mol. The van der Waals surface area contributed by atoms with Crippen LogP contribution in [0.1, 0.15) is 48.8 Å². The molecule has 3 N–H and O–H groups in total. The fourth-order valence-corrected chi connectivity index (χ4v) is 6.44. The highest BCUT2D eigenvalue weighted by atomic mass is 16.5. The van der Waals surface area contributed by atoms with Crippen molar-refractivity contribution < 1.29 is 20.1 Å². The lowest BCUT2D eigenvalue weighted by Gasteiger charge is -2.50. The summed E-state index contributed by atoms with van der Waals surface area (Å²) in [4.78, 5) is 0. The van der Waals surface area contributed by atoms with Gasteiger partial charge >= 0.3 is 0 Å². The molecule has 5 rings (SSSR count). The van der Waals surface area contributed by atoms with Gasteiger partial charge in [-0.25, -0.2) is 0 Å². The van der Waals surface area contributed by atoms with E-state index < -0.39 is 23.7 Å². The molecule has 2 saturated carbocycles. The maximum atomic E-state index is 10.7. The second kappa shape index (κ2) is 7.12. The highest BCUT2D eigenvalue weighted by molar-refractivity contribution is 5.41. The van der Waals surface area contributed by atoms with E-state index in [9.17, 15) is 15.3 Å². The zero-order valence-electron chi connectivity index (χ0n) is 16.9. The number of hydrogen-bond acceptors (Lipinski definition) is 4. The van der Waals surface area contributed by atoms with Gasteiger partial charge in [-0.1, -0.05) is 43.3 Å². The summed E-state index contributed by atoms with van der Waals surface area (Å²) in [5.74, 6) is 1.54. The monoisotopic (exact) mass is 394 g/mol. The van der Waals surface area contributed by atoms with Crippen LogP contribution in [-0.4, -0.2) is 33.6 Å². The first-order chi connectivity index (χ1) is 14.0. The molecule has 0 bridgehead atoms. The third-order valence-corrected chi connectivity index (χ3v) is 7.96. The molecule has 0 radical (unpaired) electrons. The molecule has 154 valence electrons. The van der Waals surface area contributed by atoms with Gasteiger partial charge in [-0.3, -0.25) is 0 Å². The van der Waals surface area contributed by atoms with E-state index in [1.165, 1.54) is 11.1 Å². The van der Waals surface area contributed by atoms with Crippen LogP contribution in [0.4, 0.5) is 0 Å². The lowest BCUT2D eigenvalue weighted by molar-refractivity contribution is -0.0505. The molecule has 6 unspecified atom stereocenters. The van der Waals surface area contributed by atoms with Crippen LogP contribution in [0.15, 0.2) is 48.5 Å². The van der Waals surface area contributed by atoms with Crippen molar-refractivity contribution in [3.05, 3.63) is 65.2 Å². The van der Waals surface area contributed by atoms with Crippen LogP contribution in [0, 0.1) is 17.3 Å². The van der Waals surface area contributed by atoms with Crippen LogP contribution in [0.25, 0.3) is 0 Å². The van der Waals surface area contributed by atoms with Gasteiger partial charge in [0.1, 0.15) is 18.5 Å². The van der Waals surface area contributed by atoms with Crippen LogP contribution in [0.5, 0.6) is 5.75 Å². The van der Waals surface area contributed by atoms with Crippen molar-refractivity contribution in [3.8, 4) is 5.75 Å². The minimum atomic E-state index is -1.03. The number of hydrogen-bond donors (Lipinski definition) is 3. The first-order valence-electron chi connectivity index (χ1n) is 10.8. The molecule has 0 heterocycles. The van der Waals surface area contributed by atoms with Crippen LogP contribution in [0.2, 0.25) is 0 Å². The zero-order chi connectivity index (χ0) is 20.2. The number of aryl methyl sites for hydroxylation is 1. The maximum Gasteiger partial charge on any atom is 0.120 e. The minimum Gasteiger partial charge on any atom is -0.489 e. The Kier molecular flexibility index (Phi) is 4.69. The average molecular weight is 395 g/mol. The molecule has 2 aromatic carbocycles. The van der Waals surface area contributed by atoms with E-state index in [4.69, 9.17) is 4.74 Å². The van der Waals surface area contributed by atoms with Gasteiger partial charge < -0.3 is 20.1 Å². The van der Waals surface area contributed by atoms with Crippen molar-refractivity contribution in [2.24, 2.45) is 17.3 Å². The van der Waals surface area contributed by atoms with Crippen molar-refractivity contribution >= 4 is 0 Å². The third-order valence-electron chi connectivity index (χ3n) is 7.96. The number of rotatable bonds is 3. The van der Waals surface area contributed by atoms with Gasteiger partial charge in [0.25, 0.3) is 0 Å². The van der Waals surface area contributed by atoms with E-state index in [0.717, 1.165) is 37.0 Å². The van der Waals surface area contributed by atoms with Crippen LogP contribution >= 0.6 is 0 Å². The van der Waals surface area contributed by atoms with Gasteiger partial charge in [-0.05, 0) is 72.3 Å². The summed E-state index contributed by atoms with van der Waals surface area (Å²) in [6.45, 7) is 2.61. The molecular weight excluding hydrogens is 364 g/mol. The minimum absolute atomic E-state index is 0.0478. The van der Waals surface area contributed by atoms with Gasteiger partial charge in [0.15, 0.2) is 0 Å². The van der Waals surface area contributed by atoms with E-state index in [1.54, 1.807) is 0 Å². The zero-order valence-corrected chi connectivity index (χ0v) is 16.9. The summed E-state index contributed by atoms with van der Waals surface area (Å²) in [6, 6.07) is 16.6. The van der Waals surface area contributed by atoms with Crippen molar-refractivity contribution in [1.29, 1.82) is 0 Å². The normalized spacial score (nSPS) is 38.1. The fraction of sp³-hybridized carbons (Fsp3) is 0.520. The largest absolute Gasteiger partial charge is 0.489 e. The smallest absolute Gasteiger partial charge is 0.120 e. The number of benzene rings is 2. The second-order valence-electron chi connectivity index (χ2n) is 9.44. The number of aliphatic hydroxyl groups excluding tert-OH is 3. The van der Waals surface area contributed by atoms with E-state index in [2.05, 4.69) is 30.3 Å². The highest BCUT2D eigenvalue weighted by Crippen LogP contribution is 2.61. The lowest BCUT2D eigenvalue weighted by Crippen LogP contribution is -2.46. The van der Waals surface area contributed by atoms with Crippen molar-refractivity contribution in [2.75, 3.05) is 0 Å². The fourth-order valence-electron chi connectivity index (χ4n) is 6.44. The SMILES string of the molecule is C[C@]12CCC3c4ccc(OCc5ccccc5)cc4CCC3C1C(O)C(O)C2O. The topological polar surface area (TPSA) is 69.9 Å². The third kappa shape index (κ3) is 3.00. The van der Waals surface area contributed by atoms with Crippen LogP contribution in [0.3, 0.4) is 0 Å². The molecule has 0 amide bonds. The maximum absolute atomic E-state index is 10.7. The molecule has 0 spiro atoms. The van der Waals surface area contributed by atoms with E-state index in [-0.39, 0.29) is 5.92 Å².